The molecule has 1 aromatic carbocycles. The third-order valence-corrected chi connectivity index (χ3v) is 2.87. The maximum Gasteiger partial charge on any atom is 0.311 e. The summed E-state index contributed by atoms with van der Waals surface area (Å²) in [5, 5.41) is 13.4. The lowest BCUT2D eigenvalue weighted by Gasteiger charge is -2.17. The summed E-state index contributed by atoms with van der Waals surface area (Å²) in [6.45, 7) is 5.33. The van der Waals surface area contributed by atoms with Gasteiger partial charge in [0.25, 0.3) is 5.91 Å². The first-order valence-electron chi connectivity index (χ1n) is 6.17. The fraction of sp³-hybridized carbons (Fsp3) is 0.462. The highest BCUT2D eigenvalue weighted by Crippen LogP contribution is 2.27. The Morgan fingerprint density at radius 1 is 1.45 bits per heavy atom. The van der Waals surface area contributed by atoms with Crippen LogP contribution in [0, 0.1) is 21.8 Å². The zero-order valence-corrected chi connectivity index (χ0v) is 11.6. The van der Waals surface area contributed by atoms with Crippen molar-refractivity contribution in [3.05, 3.63) is 34.1 Å². The number of benzene rings is 1. The molecule has 0 spiro atoms. The summed E-state index contributed by atoms with van der Waals surface area (Å²) in [5.74, 6) is -1.09. The molecule has 0 saturated heterocycles. The van der Waals surface area contributed by atoms with Crippen LogP contribution in [0.5, 0.6) is 5.75 Å². The minimum Gasteiger partial charge on any atom is -0.477 e. The molecule has 110 valence electrons. The molecule has 0 aliphatic rings. The predicted molar refractivity (Wildman–Crippen MR) is 71.0 cm³/mol. The molecule has 20 heavy (non-hydrogen) atoms. The van der Waals surface area contributed by atoms with Crippen molar-refractivity contribution in [3.63, 3.8) is 0 Å². The van der Waals surface area contributed by atoms with Crippen molar-refractivity contribution in [1.82, 2.24) is 5.32 Å². The Labute approximate surface area is 116 Å². The molecule has 0 bridgehead atoms. The number of ether oxygens (including phenoxy) is 1. The van der Waals surface area contributed by atoms with Gasteiger partial charge in [-0.05, 0) is 18.9 Å². The number of nitrogens with one attached hydrogen (secondary N) is 1. The Hall–Kier alpha value is -2.18. The fourth-order valence-electron chi connectivity index (χ4n) is 1.36. The number of carbonyl (C=O) groups is 1. The van der Waals surface area contributed by atoms with Crippen LogP contribution in [0.3, 0.4) is 0 Å². The van der Waals surface area contributed by atoms with Crippen LogP contribution >= 0.6 is 0 Å². The fourth-order valence-corrected chi connectivity index (χ4v) is 1.36. The van der Waals surface area contributed by atoms with Crippen LogP contribution in [-0.2, 0) is 4.79 Å². The molecule has 1 rings (SSSR count). The molecule has 0 unspecified atom stereocenters. The van der Waals surface area contributed by atoms with E-state index in [1.165, 1.54) is 0 Å². The van der Waals surface area contributed by atoms with Gasteiger partial charge in [0, 0.05) is 18.2 Å². The van der Waals surface area contributed by atoms with Gasteiger partial charge in [0.05, 0.1) is 4.92 Å². The van der Waals surface area contributed by atoms with Crippen molar-refractivity contribution in [2.45, 2.75) is 26.8 Å². The zero-order chi connectivity index (χ0) is 15.3. The Morgan fingerprint density at radius 3 is 2.65 bits per heavy atom. The number of halogens is 1. The van der Waals surface area contributed by atoms with E-state index in [2.05, 4.69) is 5.32 Å². The number of carbonyl (C=O) groups excluding carboxylic acids is 1. The third kappa shape index (κ3) is 4.49. The Bertz CT molecular complexity index is 505. The lowest BCUT2D eigenvalue weighted by atomic mass is 10.1. The van der Waals surface area contributed by atoms with E-state index in [0.29, 0.717) is 0 Å². The first-order valence-corrected chi connectivity index (χ1v) is 6.17. The van der Waals surface area contributed by atoms with Crippen LogP contribution in [0.15, 0.2) is 18.2 Å². The van der Waals surface area contributed by atoms with E-state index in [9.17, 15) is 19.3 Å². The average molecular weight is 284 g/mol. The molecule has 6 nitrogen and oxygen atoms in total. The van der Waals surface area contributed by atoms with E-state index in [-0.39, 0.29) is 23.4 Å². The maximum atomic E-state index is 13.0. The minimum atomic E-state index is -0.691. The summed E-state index contributed by atoms with van der Waals surface area (Å²) in [4.78, 5) is 21.7. The van der Waals surface area contributed by atoms with E-state index >= 15 is 0 Å². The lowest BCUT2D eigenvalue weighted by Crippen LogP contribution is -2.39. The van der Waals surface area contributed by atoms with Gasteiger partial charge in [0.1, 0.15) is 5.82 Å². The van der Waals surface area contributed by atoms with Gasteiger partial charge < -0.3 is 10.1 Å². The number of nitro benzene ring substituents is 1. The highest BCUT2D eigenvalue weighted by atomic mass is 19.1. The number of rotatable bonds is 6. The normalized spacial score (nSPS) is 12.1. The summed E-state index contributed by atoms with van der Waals surface area (Å²) < 4.78 is 18.1. The van der Waals surface area contributed by atoms with Gasteiger partial charge >= 0.3 is 5.69 Å². The summed E-state index contributed by atoms with van der Waals surface area (Å²) in [5.41, 5.74) is -0.379. The first kappa shape index (κ1) is 15.9. The van der Waals surface area contributed by atoms with E-state index in [4.69, 9.17) is 4.74 Å². The van der Waals surface area contributed by atoms with Gasteiger partial charge in [-0.3, -0.25) is 14.9 Å². The second-order valence-electron chi connectivity index (χ2n) is 4.76. The quantitative estimate of drug-likeness (QED) is 0.641. The SMILES string of the molecule is CC(C)[C@H](C)NC(=O)COc1cc(F)ccc1[N+](=O)[O-]. The molecular weight excluding hydrogens is 267 g/mol. The summed E-state index contributed by atoms with van der Waals surface area (Å²) in [6.07, 6.45) is 0. The van der Waals surface area contributed by atoms with E-state index in [1.54, 1.807) is 0 Å². The van der Waals surface area contributed by atoms with Gasteiger partial charge in [-0.15, -0.1) is 0 Å². The van der Waals surface area contributed by atoms with E-state index in [0.717, 1.165) is 18.2 Å². The Kier molecular flexibility index (Phi) is 5.42. The zero-order valence-electron chi connectivity index (χ0n) is 11.6. The largest absolute Gasteiger partial charge is 0.477 e. The number of amides is 1. The second kappa shape index (κ2) is 6.83. The van der Waals surface area contributed by atoms with E-state index in [1.807, 2.05) is 20.8 Å². The highest BCUT2D eigenvalue weighted by Gasteiger charge is 2.18. The molecule has 0 radical (unpaired) electrons. The standard InChI is InChI=1S/C13H17FN2O4/c1-8(2)9(3)15-13(17)7-20-12-6-10(14)4-5-11(12)16(18)19/h4-6,8-9H,7H2,1-3H3,(H,15,17)/t9-/m0/s1. The van der Waals surface area contributed by atoms with Crippen molar-refractivity contribution >= 4 is 11.6 Å². The monoisotopic (exact) mass is 284 g/mol. The van der Waals surface area contributed by atoms with Crippen LogP contribution in [0.2, 0.25) is 0 Å². The number of hydrogen-bond acceptors (Lipinski definition) is 4. The molecule has 0 heterocycles. The molecule has 7 heteroatoms. The van der Waals surface area contributed by atoms with Crippen molar-refractivity contribution in [3.8, 4) is 5.75 Å². The second-order valence-corrected chi connectivity index (χ2v) is 4.76. The lowest BCUT2D eigenvalue weighted by molar-refractivity contribution is -0.385. The van der Waals surface area contributed by atoms with Crippen molar-refractivity contribution < 1.29 is 18.8 Å². The molecule has 0 aliphatic heterocycles. The topological polar surface area (TPSA) is 81.5 Å². The predicted octanol–water partition coefficient (Wildman–Crippen LogP) is 2.27. The molecular formula is C13H17FN2O4. The van der Waals surface area contributed by atoms with Crippen molar-refractivity contribution in [2.24, 2.45) is 5.92 Å². The summed E-state index contributed by atoms with van der Waals surface area (Å²) in [7, 11) is 0. The van der Waals surface area contributed by atoms with Crippen molar-refractivity contribution in [1.29, 1.82) is 0 Å². The Balaban J connectivity index is 2.68. The van der Waals surface area contributed by atoms with Crippen molar-refractivity contribution in [2.75, 3.05) is 6.61 Å². The molecule has 0 saturated carbocycles. The van der Waals surface area contributed by atoms with Crippen LogP contribution in [0.4, 0.5) is 10.1 Å². The maximum absolute atomic E-state index is 13.0. The Morgan fingerprint density at radius 2 is 2.10 bits per heavy atom. The number of nitro groups is 1. The van der Waals surface area contributed by atoms with Crippen LogP contribution in [-0.4, -0.2) is 23.5 Å². The highest BCUT2D eigenvalue weighted by molar-refractivity contribution is 5.78. The van der Waals surface area contributed by atoms with Crippen LogP contribution in [0.25, 0.3) is 0 Å². The van der Waals surface area contributed by atoms with Crippen LogP contribution in [0.1, 0.15) is 20.8 Å². The van der Waals surface area contributed by atoms with Gasteiger partial charge in [0.15, 0.2) is 6.61 Å². The average Bonchev–Trinajstić information content (AvgIpc) is 2.35. The minimum absolute atomic E-state index is 0.0476. The summed E-state index contributed by atoms with van der Waals surface area (Å²) in [6, 6.07) is 2.80. The third-order valence-electron chi connectivity index (χ3n) is 2.87. The van der Waals surface area contributed by atoms with Gasteiger partial charge in [-0.1, -0.05) is 13.8 Å². The molecule has 1 N–H and O–H groups in total. The van der Waals surface area contributed by atoms with Gasteiger partial charge in [-0.2, -0.15) is 0 Å². The smallest absolute Gasteiger partial charge is 0.311 e. The molecule has 0 aliphatic carbocycles. The molecule has 1 aromatic rings. The van der Waals surface area contributed by atoms with E-state index < -0.39 is 23.3 Å². The van der Waals surface area contributed by atoms with Crippen LogP contribution < -0.4 is 10.1 Å². The number of hydrogen-bond donors (Lipinski definition) is 1. The number of nitrogens with zero attached hydrogens (tertiary/aromatic N) is 1. The van der Waals surface area contributed by atoms with Gasteiger partial charge in [0.2, 0.25) is 5.75 Å². The molecule has 1 atom stereocenters. The molecule has 0 aromatic heterocycles. The molecule has 0 fully saturated rings. The first-order chi connectivity index (χ1) is 9.31. The van der Waals surface area contributed by atoms with Gasteiger partial charge in [-0.25, -0.2) is 4.39 Å². The molecule has 1 amide bonds. The summed E-state index contributed by atoms with van der Waals surface area (Å²) >= 11 is 0.